The van der Waals surface area contributed by atoms with E-state index < -0.39 is 0 Å². The van der Waals surface area contributed by atoms with Gasteiger partial charge in [-0.3, -0.25) is 0 Å². The summed E-state index contributed by atoms with van der Waals surface area (Å²) in [5, 5.41) is 0. The largest absolute Gasteiger partial charge is 0.0984 e. The molecule has 0 unspecified atom stereocenters. The maximum absolute atomic E-state index is 4.08. The highest BCUT2D eigenvalue weighted by molar-refractivity contribution is 5.49. The standard InChI is InChI=1S/C17H24/c1-7-10-14(4)12-16(6)17(9-3)13-15(5)11-8-2/h7,9-13H,3,6,8H2,1-2,4-5H3/b10-7-,14-12-,15-11-,17-13-. The Labute approximate surface area is 106 Å². The average Bonchev–Trinajstić information content (AvgIpc) is 2.26. The molecule has 0 rings (SSSR count). The van der Waals surface area contributed by atoms with Crippen LogP contribution in [0.4, 0.5) is 0 Å². The normalized spacial score (nSPS) is 14.2. The Morgan fingerprint density at radius 1 is 1.12 bits per heavy atom. The molecule has 0 aliphatic heterocycles. The topological polar surface area (TPSA) is 0 Å². The van der Waals surface area contributed by atoms with Gasteiger partial charge in [-0.15, -0.1) is 0 Å². The van der Waals surface area contributed by atoms with Gasteiger partial charge in [-0.05, 0) is 38.3 Å². The van der Waals surface area contributed by atoms with Crippen molar-refractivity contribution in [2.75, 3.05) is 0 Å². The molecule has 0 N–H and O–H groups in total. The second-order valence-electron chi connectivity index (χ2n) is 4.07. The molecule has 0 aliphatic carbocycles. The maximum atomic E-state index is 4.08. The van der Waals surface area contributed by atoms with Crippen LogP contribution in [0.1, 0.15) is 34.1 Å². The van der Waals surface area contributed by atoms with Gasteiger partial charge in [0.15, 0.2) is 0 Å². The maximum Gasteiger partial charge on any atom is -0.0193 e. The van der Waals surface area contributed by atoms with Gasteiger partial charge in [-0.25, -0.2) is 0 Å². The molecule has 0 heteroatoms. The summed E-state index contributed by atoms with van der Waals surface area (Å²) < 4.78 is 0. The second kappa shape index (κ2) is 8.58. The first-order valence-electron chi connectivity index (χ1n) is 6.06. The summed E-state index contributed by atoms with van der Waals surface area (Å²) in [7, 11) is 0. The smallest absolute Gasteiger partial charge is 0.0193 e. The van der Waals surface area contributed by atoms with Gasteiger partial charge in [0.1, 0.15) is 0 Å². The van der Waals surface area contributed by atoms with E-state index in [1.165, 1.54) is 11.1 Å². The fourth-order valence-electron chi connectivity index (χ4n) is 1.58. The zero-order valence-electron chi connectivity index (χ0n) is 11.6. The number of hydrogen-bond donors (Lipinski definition) is 0. The summed E-state index contributed by atoms with van der Waals surface area (Å²) in [6.07, 6.45) is 13.4. The highest BCUT2D eigenvalue weighted by Crippen LogP contribution is 2.16. The number of rotatable bonds is 6. The zero-order chi connectivity index (χ0) is 13.3. The highest BCUT2D eigenvalue weighted by Gasteiger charge is 1.96. The van der Waals surface area contributed by atoms with Crippen LogP contribution in [0.25, 0.3) is 0 Å². The van der Waals surface area contributed by atoms with E-state index in [-0.39, 0.29) is 0 Å². The third-order valence-electron chi connectivity index (χ3n) is 2.33. The molecular weight excluding hydrogens is 204 g/mol. The first-order valence-corrected chi connectivity index (χ1v) is 6.06. The summed E-state index contributed by atoms with van der Waals surface area (Å²) in [6.45, 7) is 16.2. The number of hydrogen-bond acceptors (Lipinski definition) is 0. The Morgan fingerprint density at radius 2 is 1.76 bits per heavy atom. The van der Waals surface area contributed by atoms with E-state index in [1.807, 2.05) is 19.1 Å². The van der Waals surface area contributed by atoms with Crippen molar-refractivity contribution in [1.29, 1.82) is 0 Å². The molecule has 0 aliphatic rings. The molecule has 0 saturated carbocycles. The molecule has 0 spiro atoms. The molecule has 0 atom stereocenters. The quantitative estimate of drug-likeness (QED) is 0.524. The molecule has 0 heterocycles. The summed E-state index contributed by atoms with van der Waals surface area (Å²) in [4.78, 5) is 0. The Kier molecular flexibility index (Phi) is 7.79. The SMILES string of the molecule is C=C/C(=C/C(C)=C\CC)C(=C)/C=C(C)\C=C/C. The first kappa shape index (κ1) is 15.4. The van der Waals surface area contributed by atoms with E-state index >= 15 is 0 Å². The van der Waals surface area contributed by atoms with Crippen LogP contribution in [0.2, 0.25) is 0 Å². The minimum Gasteiger partial charge on any atom is -0.0984 e. The molecule has 0 aromatic rings. The summed E-state index contributed by atoms with van der Waals surface area (Å²) in [6, 6.07) is 0. The molecule has 17 heavy (non-hydrogen) atoms. The van der Waals surface area contributed by atoms with Crippen LogP contribution in [0.15, 0.2) is 71.9 Å². The van der Waals surface area contributed by atoms with Gasteiger partial charge in [0.05, 0.1) is 0 Å². The molecule has 92 valence electrons. The summed E-state index contributed by atoms with van der Waals surface area (Å²) in [5.41, 5.74) is 4.53. The van der Waals surface area contributed by atoms with Crippen LogP contribution < -0.4 is 0 Å². The van der Waals surface area contributed by atoms with Crippen molar-refractivity contribution in [2.24, 2.45) is 0 Å². The van der Waals surface area contributed by atoms with E-state index in [0.29, 0.717) is 0 Å². The summed E-state index contributed by atoms with van der Waals surface area (Å²) in [5.74, 6) is 0. The fourth-order valence-corrected chi connectivity index (χ4v) is 1.58. The van der Waals surface area contributed by atoms with Crippen molar-refractivity contribution in [3.05, 3.63) is 71.9 Å². The third kappa shape index (κ3) is 6.57. The van der Waals surface area contributed by atoms with Crippen molar-refractivity contribution in [3.8, 4) is 0 Å². The van der Waals surface area contributed by atoms with Crippen LogP contribution in [-0.4, -0.2) is 0 Å². The van der Waals surface area contributed by atoms with Crippen LogP contribution in [-0.2, 0) is 0 Å². The minimum absolute atomic E-state index is 0.999. The minimum atomic E-state index is 0.999. The molecular formula is C17H24. The van der Waals surface area contributed by atoms with E-state index in [2.05, 4.69) is 58.2 Å². The molecule has 0 aromatic heterocycles. The lowest BCUT2D eigenvalue weighted by molar-refractivity contribution is 1.19. The third-order valence-corrected chi connectivity index (χ3v) is 2.33. The highest BCUT2D eigenvalue weighted by atomic mass is 14.0. The van der Waals surface area contributed by atoms with Crippen molar-refractivity contribution in [1.82, 2.24) is 0 Å². The summed E-state index contributed by atoms with van der Waals surface area (Å²) >= 11 is 0. The molecule has 0 nitrogen and oxygen atoms in total. The Hall–Kier alpha value is -1.56. The zero-order valence-corrected chi connectivity index (χ0v) is 11.6. The van der Waals surface area contributed by atoms with Crippen LogP contribution >= 0.6 is 0 Å². The van der Waals surface area contributed by atoms with Crippen molar-refractivity contribution >= 4 is 0 Å². The van der Waals surface area contributed by atoms with E-state index in [0.717, 1.165) is 17.6 Å². The van der Waals surface area contributed by atoms with Crippen LogP contribution in [0.3, 0.4) is 0 Å². The first-order chi connectivity index (χ1) is 8.04. The average molecular weight is 228 g/mol. The van der Waals surface area contributed by atoms with Crippen molar-refractivity contribution < 1.29 is 0 Å². The van der Waals surface area contributed by atoms with Gasteiger partial charge in [-0.1, -0.05) is 67.7 Å². The lowest BCUT2D eigenvalue weighted by atomic mass is 10.0. The van der Waals surface area contributed by atoms with E-state index in [4.69, 9.17) is 0 Å². The number of allylic oxidation sites excluding steroid dienone is 10. The van der Waals surface area contributed by atoms with Gasteiger partial charge in [0, 0.05) is 0 Å². The van der Waals surface area contributed by atoms with Gasteiger partial charge in [0.25, 0.3) is 0 Å². The predicted molar refractivity (Wildman–Crippen MR) is 80.0 cm³/mol. The lowest BCUT2D eigenvalue weighted by Gasteiger charge is -2.03. The van der Waals surface area contributed by atoms with Crippen molar-refractivity contribution in [3.63, 3.8) is 0 Å². The Bertz CT molecular complexity index is 384. The Balaban J connectivity index is 5.03. The van der Waals surface area contributed by atoms with Crippen molar-refractivity contribution in [2.45, 2.75) is 34.1 Å². The van der Waals surface area contributed by atoms with Gasteiger partial charge >= 0.3 is 0 Å². The lowest BCUT2D eigenvalue weighted by Crippen LogP contribution is -1.84. The molecule has 0 fully saturated rings. The van der Waals surface area contributed by atoms with Gasteiger partial charge < -0.3 is 0 Å². The van der Waals surface area contributed by atoms with Gasteiger partial charge in [0.2, 0.25) is 0 Å². The fraction of sp³-hybridized carbons (Fsp3) is 0.294. The molecule has 0 aromatic carbocycles. The van der Waals surface area contributed by atoms with E-state index in [1.54, 1.807) is 0 Å². The second-order valence-corrected chi connectivity index (χ2v) is 4.07. The monoisotopic (exact) mass is 228 g/mol. The van der Waals surface area contributed by atoms with E-state index in [9.17, 15) is 0 Å². The van der Waals surface area contributed by atoms with Gasteiger partial charge in [-0.2, -0.15) is 0 Å². The van der Waals surface area contributed by atoms with Crippen LogP contribution in [0, 0.1) is 0 Å². The molecule has 0 radical (unpaired) electrons. The molecule has 0 bridgehead atoms. The predicted octanol–water partition coefficient (Wildman–Crippen LogP) is 5.53. The molecule has 0 amide bonds. The van der Waals surface area contributed by atoms with Crippen LogP contribution in [0.5, 0.6) is 0 Å². The Morgan fingerprint density at radius 3 is 2.24 bits per heavy atom. The molecule has 0 saturated heterocycles.